The van der Waals surface area contributed by atoms with Gasteiger partial charge in [-0.15, -0.1) is 0 Å². The normalized spacial score (nSPS) is 9.30. The van der Waals surface area contributed by atoms with E-state index >= 15 is 0 Å². The highest BCUT2D eigenvalue weighted by atomic mass is 16.5. The Kier molecular flexibility index (Phi) is 2.15. The number of rotatable bonds is 1. The van der Waals surface area contributed by atoms with E-state index in [0.29, 0.717) is 11.0 Å². The van der Waals surface area contributed by atoms with Crippen LogP contribution in [0, 0.1) is 5.21 Å². The molecule has 0 spiro atoms. The van der Waals surface area contributed by atoms with Crippen molar-refractivity contribution in [3.63, 3.8) is 0 Å². The molecular weight excluding hydrogens is 130 g/mol. The van der Waals surface area contributed by atoms with Gasteiger partial charge in [-0.3, -0.25) is 0 Å². The first kappa shape index (κ1) is 6.92. The van der Waals surface area contributed by atoms with Gasteiger partial charge >= 0.3 is 5.91 Å². The first-order valence-electron chi connectivity index (χ1n) is 2.89. The summed E-state index contributed by atoms with van der Waals surface area (Å²) in [6.07, 6.45) is 0. The minimum atomic E-state index is -0.472. The van der Waals surface area contributed by atoms with Gasteiger partial charge in [-0.1, -0.05) is 18.2 Å². The van der Waals surface area contributed by atoms with E-state index in [1.807, 2.05) is 0 Å². The lowest BCUT2D eigenvalue weighted by atomic mass is 10.2. The van der Waals surface area contributed by atoms with E-state index < -0.39 is 5.91 Å². The van der Waals surface area contributed by atoms with Crippen LogP contribution in [0.4, 0.5) is 0 Å². The van der Waals surface area contributed by atoms with Crippen molar-refractivity contribution in [2.75, 3.05) is 0 Å². The number of carbonyl (C=O) groups is 1. The van der Waals surface area contributed by atoms with Gasteiger partial charge in [-0.05, 0) is 12.1 Å². The molecule has 1 rings (SSSR count). The lowest BCUT2D eigenvalue weighted by molar-refractivity contribution is -0.481. The van der Waals surface area contributed by atoms with Gasteiger partial charge in [0.25, 0.3) is 0 Å². The molecule has 2 N–H and O–H groups in total. The summed E-state index contributed by atoms with van der Waals surface area (Å²) >= 11 is 0. The second-order valence-electron chi connectivity index (χ2n) is 1.85. The first-order valence-corrected chi connectivity index (χ1v) is 2.89. The van der Waals surface area contributed by atoms with Gasteiger partial charge in [0.2, 0.25) is 0 Å². The van der Waals surface area contributed by atoms with E-state index in [2.05, 4.69) is 0 Å². The van der Waals surface area contributed by atoms with E-state index in [1.54, 1.807) is 30.3 Å². The molecule has 3 nitrogen and oxygen atoms in total. The van der Waals surface area contributed by atoms with Crippen LogP contribution in [-0.4, -0.2) is 5.91 Å². The molecule has 0 aromatic heterocycles. The molecule has 0 unspecified atom stereocenters. The third kappa shape index (κ3) is 1.40. The summed E-state index contributed by atoms with van der Waals surface area (Å²) in [5.74, 6) is -0.472. The van der Waals surface area contributed by atoms with Crippen LogP contribution in [0.15, 0.2) is 30.3 Å². The zero-order chi connectivity index (χ0) is 7.40. The monoisotopic (exact) mass is 137 g/mol. The Hall–Kier alpha value is -1.19. The lowest BCUT2D eigenvalue weighted by Crippen LogP contribution is -2.81. The second kappa shape index (κ2) is 3.10. The average Bonchev–Trinajstić information content (AvgIpc) is 2.05. The predicted molar refractivity (Wildman–Crippen MR) is 36.1 cm³/mol. The van der Waals surface area contributed by atoms with Crippen LogP contribution in [0.2, 0.25) is 0 Å². The van der Waals surface area contributed by atoms with Gasteiger partial charge in [0.15, 0.2) is 0 Å². The van der Waals surface area contributed by atoms with Crippen LogP contribution in [-0.2, 0) is 0 Å². The highest BCUT2D eigenvalue weighted by molar-refractivity contribution is 5.86. The predicted octanol–water partition coefficient (Wildman–Crippen LogP) is -0.112. The quantitative estimate of drug-likeness (QED) is 0.549. The van der Waals surface area contributed by atoms with Crippen LogP contribution in [0.1, 0.15) is 10.4 Å². The summed E-state index contributed by atoms with van der Waals surface area (Å²) in [5, 5.41) is 9.96. The highest BCUT2D eigenvalue weighted by Crippen LogP contribution is 1.94. The molecule has 0 atom stereocenters. The van der Waals surface area contributed by atoms with E-state index in [9.17, 15) is 10.0 Å². The summed E-state index contributed by atoms with van der Waals surface area (Å²) in [6, 6.07) is 8.45. The molecule has 0 aliphatic heterocycles. The lowest BCUT2D eigenvalue weighted by Gasteiger charge is -1.97. The first-order chi connectivity index (χ1) is 4.84. The van der Waals surface area contributed by atoms with E-state index in [-0.39, 0.29) is 0 Å². The molecule has 0 aliphatic carbocycles. The molecule has 1 aromatic rings. The molecule has 1 amide bonds. The Balaban J connectivity index is 2.85. The van der Waals surface area contributed by atoms with Crippen LogP contribution in [0.5, 0.6) is 0 Å². The Morgan fingerprint density at radius 3 is 2.40 bits per heavy atom. The molecule has 52 valence electrons. The zero-order valence-electron chi connectivity index (χ0n) is 5.28. The molecular formula is C7H7NO2. The fourth-order valence-electron chi connectivity index (χ4n) is 0.670. The maximum atomic E-state index is 10.6. The molecule has 0 saturated heterocycles. The number of primary amides is 1. The van der Waals surface area contributed by atoms with Crippen LogP contribution in [0.25, 0.3) is 0 Å². The second-order valence-corrected chi connectivity index (χ2v) is 1.85. The van der Waals surface area contributed by atoms with Gasteiger partial charge < -0.3 is 10.7 Å². The smallest absolute Gasteiger partial charge is 0.342 e. The standard InChI is InChI=1S/C7H7NO2/c9-7(8-10)6-4-2-1-3-5-6/h1-5H,8H2. The van der Waals surface area contributed by atoms with Gasteiger partial charge in [0, 0.05) is 0 Å². The van der Waals surface area contributed by atoms with Crippen molar-refractivity contribution >= 4 is 5.91 Å². The Morgan fingerprint density at radius 1 is 1.30 bits per heavy atom. The van der Waals surface area contributed by atoms with Crippen molar-refractivity contribution in [3.05, 3.63) is 41.1 Å². The highest BCUT2D eigenvalue weighted by Gasteiger charge is 2.01. The van der Waals surface area contributed by atoms with Gasteiger partial charge in [0.1, 0.15) is 0 Å². The SMILES string of the molecule is O=C([NH2+][O-])c1ccccc1. The number of nitrogens with two attached hydrogens (primary N) is 1. The van der Waals surface area contributed by atoms with Crippen LogP contribution in [0.3, 0.4) is 0 Å². The number of amides is 1. The van der Waals surface area contributed by atoms with Gasteiger partial charge in [0.05, 0.1) is 5.56 Å². The van der Waals surface area contributed by atoms with E-state index in [0.717, 1.165) is 0 Å². The maximum absolute atomic E-state index is 10.6. The number of hydrogen-bond acceptors (Lipinski definition) is 2. The number of hydroxylamine groups is 1. The summed E-state index contributed by atoms with van der Waals surface area (Å²) in [7, 11) is 0. The molecule has 0 aliphatic rings. The Bertz CT molecular complexity index is 220. The molecule has 0 heterocycles. The molecule has 3 heteroatoms. The third-order valence-electron chi connectivity index (χ3n) is 1.17. The summed E-state index contributed by atoms with van der Waals surface area (Å²) < 4.78 is 0. The van der Waals surface area contributed by atoms with Crippen molar-refractivity contribution in [3.8, 4) is 0 Å². The molecule has 0 radical (unpaired) electrons. The minimum Gasteiger partial charge on any atom is -0.628 e. The molecule has 1 aromatic carbocycles. The van der Waals surface area contributed by atoms with Gasteiger partial charge in [-0.25, -0.2) is 4.79 Å². The Morgan fingerprint density at radius 2 is 1.90 bits per heavy atom. The maximum Gasteiger partial charge on any atom is 0.342 e. The summed E-state index contributed by atoms with van der Waals surface area (Å²) in [4.78, 5) is 10.6. The third-order valence-corrected chi connectivity index (χ3v) is 1.17. The van der Waals surface area contributed by atoms with E-state index in [1.165, 1.54) is 0 Å². The summed E-state index contributed by atoms with van der Waals surface area (Å²) in [6.45, 7) is 0. The topological polar surface area (TPSA) is 56.7 Å². The molecule has 0 fully saturated rings. The van der Waals surface area contributed by atoms with E-state index in [4.69, 9.17) is 0 Å². The summed E-state index contributed by atoms with van der Waals surface area (Å²) in [5.41, 5.74) is 0.757. The van der Waals surface area contributed by atoms with Gasteiger partial charge in [-0.2, -0.15) is 0 Å². The van der Waals surface area contributed by atoms with Crippen LogP contribution >= 0.6 is 0 Å². The van der Waals surface area contributed by atoms with Crippen molar-refractivity contribution in [1.82, 2.24) is 0 Å². The Labute approximate surface area is 58.3 Å². The molecule has 0 saturated carbocycles. The number of hydrogen-bond donors (Lipinski definition) is 1. The fourth-order valence-corrected chi connectivity index (χ4v) is 0.670. The van der Waals surface area contributed by atoms with Crippen molar-refractivity contribution in [2.45, 2.75) is 0 Å². The largest absolute Gasteiger partial charge is 0.628 e. The van der Waals surface area contributed by atoms with Crippen molar-refractivity contribution < 1.29 is 10.3 Å². The number of carbonyl (C=O) groups excluding carboxylic acids is 1. The fraction of sp³-hybridized carbons (Fsp3) is 0. The molecule has 10 heavy (non-hydrogen) atoms. The van der Waals surface area contributed by atoms with Crippen molar-refractivity contribution in [2.24, 2.45) is 0 Å². The minimum absolute atomic E-state index is 0.315. The van der Waals surface area contributed by atoms with Crippen LogP contribution < -0.4 is 5.48 Å². The number of quaternary nitrogens is 1. The van der Waals surface area contributed by atoms with Crippen molar-refractivity contribution in [1.29, 1.82) is 0 Å². The molecule has 0 bridgehead atoms. The average molecular weight is 137 g/mol. The zero-order valence-corrected chi connectivity index (χ0v) is 5.28. The number of benzene rings is 1.